The van der Waals surface area contributed by atoms with Gasteiger partial charge in [0.2, 0.25) is 0 Å². The average molecular weight is 467 g/mol. The van der Waals surface area contributed by atoms with E-state index in [-0.39, 0.29) is 16.8 Å². The second kappa shape index (κ2) is 10.6. The molecule has 3 aromatic rings. The van der Waals surface area contributed by atoms with E-state index in [0.29, 0.717) is 30.1 Å². The van der Waals surface area contributed by atoms with Gasteiger partial charge in [-0.25, -0.2) is 4.68 Å². The Kier molecular flexibility index (Phi) is 7.42. The van der Waals surface area contributed by atoms with Crippen molar-refractivity contribution in [3.05, 3.63) is 76.1 Å². The van der Waals surface area contributed by atoms with E-state index in [0.717, 1.165) is 49.0 Å². The van der Waals surface area contributed by atoms with Gasteiger partial charge < -0.3 is 15.4 Å². The van der Waals surface area contributed by atoms with Gasteiger partial charge in [0.25, 0.3) is 11.8 Å². The number of carbonyl (C=O) groups is 2. The van der Waals surface area contributed by atoms with Crippen LogP contribution in [-0.4, -0.2) is 41.9 Å². The van der Waals surface area contributed by atoms with Crippen LogP contribution in [0.5, 0.6) is 0 Å². The zero-order valence-corrected chi connectivity index (χ0v) is 19.3. The van der Waals surface area contributed by atoms with Crippen LogP contribution in [0.3, 0.4) is 0 Å². The van der Waals surface area contributed by atoms with Crippen molar-refractivity contribution in [1.29, 1.82) is 0 Å². The number of nitrogens with one attached hydrogen (secondary N) is 2. The highest BCUT2D eigenvalue weighted by atomic mass is 35.5. The fourth-order valence-electron chi connectivity index (χ4n) is 4.07. The standard InChI is InChI=1S/C25H27ClN4O3/c1-33-15-14-27-24(31)19-13-12-17(16-21(19)26)28-25(32)23-20-10-6-3-7-11-22(20)30(29-23)18-8-4-2-5-9-18/h2,4-5,8-9,12-13,16H,3,6-7,10-11,14-15H2,1H3,(H,27,31)(H,28,32). The molecule has 2 amide bonds. The number of hydrogen-bond acceptors (Lipinski definition) is 4. The zero-order chi connectivity index (χ0) is 23.2. The Morgan fingerprint density at radius 2 is 1.85 bits per heavy atom. The van der Waals surface area contributed by atoms with E-state index >= 15 is 0 Å². The SMILES string of the molecule is COCCNC(=O)c1ccc(NC(=O)c2nn(-c3ccccc3)c3c2CCCCC3)cc1Cl. The van der Waals surface area contributed by atoms with Crippen molar-refractivity contribution in [1.82, 2.24) is 15.1 Å². The molecule has 2 N–H and O–H groups in total. The molecule has 0 saturated heterocycles. The van der Waals surface area contributed by atoms with Crippen molar-refractivity contribution in [2.45, 2.75) is 32.1 Å². The summed E-state index contributed by atoms with van der Waals surface area (Å²) in [6, 6.07) is 14.7. The summed E-state index contributed by atoms with van der Waals surface area (Å²) in [6.45, 7) is 0.802. The third kappa shape index (κ3) is 5.26. The molecule has 1 aliphatic rings. The van der Waals surface area contributed by atoms with Gasteiger partial charge in [-0.15, -0.1) is 0 Å². The molecule has 0 fully saturated rings. The number of halogens is 1. The number of amides is 2. The molecular formula is C25H27ClN4O3. The molecule has 172 valence electrons. The Labute approximate surface area is 198 Å². The number of methoxy groups -OCH3 is 1. The van der Waals surface area contributed by atoms with Gasteiger partial charge >= 0.3 is 0 Å². The van der Waals surface area contributed by atoms with E-state index in [9.17, 15) is 9.59 Å². The Balaban J connectivity index is 1.57. The van der Waals surface area contributed by atoms with E-state index in [1.54, 1.807) is 25.3 Å². The minimum atomic E-state index is -0.290. The highest BCUT2D eigenvalue weighted by Crippen LogP contribution is 2.28. The molecule has 0 atom stereocenters. The van der Waals surface area contributed by atoms with Crippen molar-refractivity contribution in [3.63, 3.8) is 0 Å². The van der Waals surface area contributed by atoms with Crippen LogP contribution >= 0.6 is 11.6 Å². The lowest BCUT2D eigenvalue weighted by molar-refractivity contribution is 0.0936. The summed E-state index contributed by atoms with van der Waals surface area (Å²) in [5.74, 6) is -0.571. The maximum absolute atomic E-state index is 13.2. The molecular weight excluding hydrogens is 440 g/mol. The number of rotatable bonds is 7. The Morgan fingerprint density at radius 3 is 2.61 bits per heavy atom. The first-order chi connectivity index (χ1) is 16.1. The number of carbonyl (C=O) groups excluding carboxylic acids is 2. The predicted octanol–water partition coefficient (Wildman–Crippen LogP) is 4.42. The van der Waals surface area contributed by atoms with E-state index in [1.807, 2.05) is 35.0 Å². The lowest BCUT2D eigenvalue weighted by Gasteiger charge is -2.09. The van der Waals surface area contributed by atoms with Gasteiger partial charge in [0.05, 0.1) is 22.9 Å². The molecule has 7 nitrogen and oxygen atoms in total. The minimum Gasteiger partial charge on any atom is -0.383 e. The lowest BCUT2D eigenvalue weighted by Crippen LogP contribution is -2.27. The fraction of sp³-hybridized carbons (Fsp3) is 0.320. The first-order valence-electron chi connectivity index (χ1n) is 11.1. The number of nitrogens with zero attached hydrogens (tertiary/aromatic N) is 2. The highest BCUT2D eigenvalue weighted by Gasteiger charge is 2.25. The topological polar surface area (TPSA) is 85.2 Å². The summed E-state index contributed by atoms with van der Waals surface area (Å²) in [5, 5.41) is 10.6. The molecule has 0 radical (unpaired) electrons. The monoisotopic (exact) mass is 466 g/mol. The molecule has 1 heterocycles. The lowest BCUT2D eigenvalue weighted by atomic mass is 10.1. The number of para-hydroxylation sites is 1. The number of benzene rings is 2. The summed E-state index contributed by atoms with van der Waals surface area (Å²) in [6.07, 6.45) is 4.96. The van der Waals surface area contributed by atoms with Crippen LogP contribution < -0.4 is 10.6 Å². The molecule has 1 aliphatic carbocycles. The van der Waals surface area contributed by atoms with Gasteiger partial charge in [-0.05, 0) is 56.0 Å². The van der Waals surface area contributed by atoms with E-state index in [2.05, 4.69) is 10.6 Å². The van der Waals surface area contributed by atoms with Crippen LogP contribution in [0.25, 0.3) is 5.69 Å². The average Bonchev–Trinajstić information content (AvgIpc) is 3.01. The summed E-state index contributed by atoms with van der Waals surface area (Å²) >= 11 is 6.32. The van der Waals surface area contributed by atoms with Crippen molar-refractivity contribution in [2.75, 3.05) is 25.6 Å². The summed E-state index contributed by atoms with van der Waals surface area (Å²) in [4.78, 5) is 25.5. The molecule has 0 saturated carbocycles. The van der Waals surface area contributed by atoms with Crippen LogP contribution in [-0.2, 0) is 17.6 Å². The Morgan fingerprint density at radius 1 is 1.06 bits per heavy atom. The summed E-state index contributed by atoms with van der Waals surface area (Å²) < 4.78 is 6.84. The van der Waals surface area contributed by atoms with Gasteiger partial charge in [-0.3, -0.25) is 9.59 Å². The van der Waals surface area contributed by atoms with Gasteiger partial charge in [-0.1, -0.05) is 36.2 Å². The fourth-order valence-corrected chi connectivity index (χ4v) is 4.34. The normalized spacial score (nSPS) is 13.2. The second-order valence-corrected chi connectivity index (χ2v) is 8.39. The van der Waals surface area contributed by atoms with Crippen LogP contribution in [0.4, 0.5) is 5.69 Å². The molecule has 0 bridgehead atoms. The van der Waals surface area contributed by atoms with Crippen LogP contribution in [0.2, 0.25) is 5.02 Å². The number of hydrogen-bond donors (Lipinski definition) is 2. The largest absolute Gasteiger partial charge is 0.383 e. The zero-order valence-electron chi connectivity index (χ0n) is 18.6. The van der Waals surface area contributed by atoms with E-state index in [4.69, 9.17) is 21.4 Å². The maximum atomic E-state index is 13.2. The molecule has 1 aromatic heterocycles. The molecule has 0 aliphatic heterocycles. The Bertz CT molecular complexity index is 1140. The summed E-state index contributed by atoms with van der Waals surface area (Å²) in [7, 11) is 1.57. The van der Waals surface area contributed by atoms with Crippen molar-refractivity contribution >= 4 is 29.1 Å². The van der Waals surface area contributed by atoms with Gasteiger partial charge in [0.1, 0.15) is 0 Å². The van der Waals surface area contributed by atoms with Gasteiger partial charge in [0, 0.05) is 30.6 Å². The Hall–Kier alpha value is -3.16. The smallest absolute Gasteiger partial charge is 0.276 e. The van der Waals surface area contributed by atoms with Gasteiger partial charge in [-0.2, -0.15) is 5.10 Å². The minimum absolute atomic E-state index is 0.261. The van der Waals surface area contributed by atoms with Crippen LogP contribution in [0.15, 0.2) is 48.5 Å². The van der Waals surface area contributed by atoms with Gasteiger partial charge in [0.15, 0.2) is 5.69 Å². The molecule has 0 unspecified atom stereocenters. The molecule has 0 spiro atoms. The number of ether oxygens (including phenoxy) is 1. The summed E-state index contributed by atoms with van der Waals surface area (Å²) in [5.41, 5.74) is 4.34. The van der Waals surface area contributed by atoms with Crippen molar-refractivity contribution < 1.29 is 14.3 Å². The van der Waals surface area contributed by atoms with Crippen molar-refractivity contribution in [2.24, 2.45) is 0 Å². The highest BCUT2D eigenvalue weighted by molar-refractivity contribution is 6.34. The van der Waals surface area contributed by atoms with Crippen LogP contribution in [0, 0.1) is 0 Å². The number of aromatic nitrogens is 2. The third-order valence-corrected chi connectivity index (χ3v) is 6.02. The predicted molar refractivity (Wildman–Crippen MR) is 128 cm³/mol. The number of anilines is 1. The third-order valence-electron chi connectivity index (χ3n) is 5.71. The quantitative estimate of drug-likeness (QED) is 0.398. The molecule has 2 aromatic carbocycles. The number of fused-ring (bicyclic) bond motifs is 1. The maximum Gasteiger partial charge on any atom is 0.276 e. The van der Waals surface area contributed by atoms with E-state index < -0.39 is 0 Å². The van der Waals surface area contributed by atoms with E-state index in [1.165, 1.54) is 0 Å². The van der Waals surface area contributed by atoms with Crippen LogP contribution in [0.1, 0.15) is 51.4 Å². The molecule has 33 heavy (non-hydrogen) atoms. The first kappa shape index (κ1) is 23.0. The first-order valence-corrected chi connectivity index (χ1v) is 11.5. The van der Waals surface area contributed by atoms with Crippen molar-refractivity contribution in [3.8, 4) is 5.69 Å². The molecule has 8 heteroatoms. The molecule has 4 rings (SSSR count). The second-order valence-electron chi connectivity index (χ2n) is 7.98.